The fourth-order valence-corrected chi connectivity index (χ4v) is 4.80. The molecule has 2 aromatic rings. The van der Waals surface area contributed by atoms with Crippen molar-refractivity contribution in [3.8, 4) is 0 Å². The van der Waals surface area contributed by atoms with Crippen LogP contribution >= 0.6 is 0 Å². The summed E-state index contributed by atoms with van der Waals surface area (Å²) in [5.74, 6) is -1.21. The molecule has 37 heavy (non-hydrogen) atoms. The van der Waals surface area contributed by atoms with Gasteiger partial charge in [-0.2, -0.15) is 26.3 Å². The second-order valence-electron chi connectivity index (χ2n) is 9.18. The lowest BCUT2D eigenvalue weighted by atomic mass is 9.91. The predicted octanol–water partition coefficient (Wildman–Crippen LogP) is 6.75. The molecule has 0 aliphatic heterocycles. The van der Waals surface area contributed by atoms with Gasteiger partial charge in [0, 0.05) is 18.5 Å². The Kier molecular flexibility index (Phi) is 8.89. The predicted molar refractivity (Wildman–Crippen MR) is 121 cm³/mol. The fourth-order valence-electron chi connectivity index (χ4n) is 4.80. The van der Waals surface area contributed by atoms with Crippen molar-refractivity contribution in [2.75, 3.05) is 20.7 Å². The van der Waals surface area contributed by atoms with Crippen LogP contribution < -0.4 is 0 Å². The van der Waals surface area contributed by atoms with Crippen LogP contribution in [0.3, 0.4) is 0 Å². The van der Waals surface area contributed by atoms with Gasteiger partial charge in [-0.05, 0) is 68.3 Å². The van der Waals surface area contributed by atoms with Gasteiger partial charge in [0.2, 0.25) is 0 Å². The van der Waals surface area contributed by atoms with Crippen molar-refractivity contribution in [2.24, 2.45) is 0 Å². The first-order valence-electron chi connectivity index (χ1n) is 11.7. The summed E-state index contributed by atoms with van der Waals surface area (Å²) in [6.07, 6.45) is -10.4. The lowest BCUT2D eigenvalue weighted by Crippen LogP contribution is -2.38. The number of hydrogen-bond donors (Lipinski definition) is 0. The number of nitrogens with zero attached hydrogens (tertiary/aromatic N) is 1. The fraction of sp³-hybridized carbons (Fsp3) is 0.500. The topological polar surface area (TPSA) is 38.8 Å². The number of benzene rings is 2. The van der Waals surface area contributed by atoms with Crippen LogP contribution in [0, 0.1) is 5.82 Å². The highest BCUT2D eigenvalue weighted by molar-refractivity contribution is 5.69. The molecule has 0 saturated heterocycles. The van der Waals surface area contributed by atoms with Gasteiger partial charge in [-0.1, -0.05) is 12.1 Å². The second-order valence-corrected chi connectivity index (χ2v) is 9.18. The maximum absolute atomic E-state index is 13.6. The van der Waals surface area contributed by atoms with E-state index in [9.17, 15) is 35.5 Å². The van der Waals surface area contributed by atoms with E-state index in [0.717, 1.165) is 0 Å². The number of ether oxygens (including phenoxy) is 2. The van der Waals surface area contributed by atoms with Gasteiger partial charge in [-0.25, -0.2) is 4.39 Å². The van der Waals surface area contributed by atoms with Crippen LogP contribution in [0.5, 0.6) is 0 Å². The number of methoxy groups -OCH3 is 1. The number of carbonyl (C=O) groups excluding carboxylic acids is 1. The largest absolute Gasteiger partial charge is 0.469 e. The van der Waals surface area contributed by atoms with Gasteiger partial charge in [0.15, 0.2) is 0 Å². The van der Waals surface area contributed by atoms with Gasteiger partial charge in [0.1, 0.15) is 5.82 Å². The van der Waals surface area contributed by atoms with E-state index in [-0.39, 0.29) is 30.0 Å². The van der Waals surface area contributed by atoms with Crippen molar-refractivity contribution in [1.29, 1.82) is 0 Å². The molecule has 2 aromatic carbocycles. The number of hydrogen-bond acceptors (Lipinski definition) is 4. The van der Waals surface area contributed by atoms with Gasteiger partial charge in [0.25, 0.3) is 0 Å². The van der Waals surface area contributed by atoms with Crippen molar-refractivity contribution in [3.63, 3.8) is 0 Å². The lowest BCUT2D eigenvalue weighted by Gasteiger charge is -2.33. The van der Waals surface area contributed by atoms with E-state index in [1.807, 2.05) is 4.90 Å². The maximum Gasteiger partial charge on any atom is 0.416 e. The molecule has 1 aliphatic rings. The highest BCUT2D eigenvalue weighted by Gasteiger charge is 2.42. The van der Waals surface area contributed by atoms with Gasteiger partial charge in [-0.15, -0.1) is 0 Å². The number of likely N-dealkylation sites (N-methyl/N-ethyl adjacent to an activating group) is 1. The zero-order valence-corrected chi connectivity index (χ0v) is 20.5. The molecule has 1 fully saturated rings. The number of esters is 1. The second kappa shape index (κ2) is 11.4. The van der Waals surface area contributed by atoms with Gasteiger partial charge >= 0.3 is 18.3 Å². The Balaban J connectivity index is 1.90. The standard InChI is InChI=1S/C26H28F7NO3/c1-15(17-12-18(25(28,29)30)14-19(13-17)26(31,32)33)37-22-9-8-21(34(2)11-10-23(35)36-3)24(22)16-4-6-20(27)7-5-16/h4-7,12-15,21-22,24H,8-11H2,1-3H3/t15-,21?,22?,24?/m1/s1. The third-order valence-corrected chi connectivity index (χ3v) is 6.74. The minimum Gasteiger partial charge on any atom is -0.469 e. The SMILES string of the molecule is COC(=O)CCN(C)C1CCC(O[C@H](C)c2cc(C(F)(F)F)cc(C(F)(F)F)c2)C1c1ccc(F)cc1. The molecular formula is C26H28F7NO3. The zero-order chi connectivity index (χ0) is 27.5. The van der Waals surface area contributed by atoms with Crippen molar-refractivity contribution >= 4 is 5.97 Å². The Morgan fingerprint density at radius 2 is 1.57 bits per heavy atom. The average Bonchev–Trinajstić information content (AvgIpc) is 3.24. The summed E-state index contributed by atoms with van der Waals surface area (Å²) in [5, 5.41) is 0. The van der Waals surface area contributed by atoms with Crippen LogP contribution in [0.1, 0.15) is 60.5 Å². The minimum atomic E-state index is -4.97. The van der Waals surface area contributed by atoms with Crippen LogP contribution in [-0.2, 0) is 26.6 Å². The normalized spacial score (nSPS) is 21.3. The molecule has 0 aromatic heterocycles. The van der Waals surface area contributed by atoms with Crippen molar-refractivity contribution in [2.45, 2.75) is 62.7 Å². The smallest absolute Gasteiger partial charge is 0.416 e. The molecule has 4 nitrogen and oxygen atoms in total. The first-order chi connectivity index (χ1) is 17.2. The minimum absolute atomic E-state index is 0.0827. The van der Waals surface area contributed by atoms with Crippen LogP contribution in [0.25, 0.3) is 0 Å². The summed E-state index contributed by atoms with van der Waals surface area (Å²) >= 11 is 0. The van der Waals surface area contributed by atoms with E-state index in [1.165, 1.54) is 26.2 Å². The average molecular weight is 536 g/mol. The Morgan fingerprint density at radius 3 is 2.08 bits per heavy atom. The summed E-state index contributed by atoms with van der Waals surface area (Å²) in [6, 6.07) is 6.98. The van der Waals surface area contributed by atoms with Crippen molar-refractivity contribution in [1.82, 2.24) is 4.90 Å². The number of alkyl halides is 6. The molecule has 3 unspecified atom stereocenters. The molecule has 11 heteroatoms. The van der Waals surface area contributed by atoms with E-state index in [4.69, 9.17) is 4.74 Å². The first-order valence-corrected chi connectivity index (χ1v) is 11.7. The zero-order valence-electron chi connectivity index (χ0n) is 20.5. The first kappa shape index (κ1) is 28.9. The number of halogens is 7. The molecule has 4 atom stereocenters. The summed E-state index contributed by atoms with van der Waals surface area (Å²) in [6.45, 7) is 1.77. The summed E-state index contributed by atoms with van der Waals surface area (Å²) in [5.41, 5.74) is -2.35. The Hall–Kier alpha value is -2.66. The third-order valence-electron chi connectivity index (χ3n) is 6.74. The number of rotatable bonds is 8. The molecule has 0 heterocycles. The van der Waals surface area contributed by atoms with Gasteiger partial charge < -0.3 is 14.4 Å². The molecule has 0 bridgehead atoms. The molecule has 0 radical (unpaired) electrons. The lowest BCUT2D eigenvalue weighted by molar-refractivity contribution is -0.143. The highest BCUT2D eigenvalue weighted by Crippen LogP contribution is 2.43. The van der Waals surface area contributed by atoms with E-state index >= 15 is 0 Å². The molecule has 0 amide bonds. The summed E-state index contributed by atoms with van der Waals surface area (Å²) < 4.78 is 104. The number of carbonyl (C=O) groups is 1. The monoisotopic (exact) mass is 535 g/mol. The van der Waals surface area contributed by atoms with Gasteiger partial charge in [-0.3, -0.25) is 4.79 Å². The Morgan fingerprint density at radius 1 is 1.00 bits per heavy atom. The van der Waals surface area contributed by atoms with Gasteiger partial charge in [0.05, 0.1) is 36.9 Å². The Bertz CT molecular complexity index is 1040. The quantitative estimate of drug-likeness (QED) is 0.277. The van der Waals surface area contributed by atoms with Crippen molar-refractivity contribution < 1.29 is 45.0 Å². The third kappa shape index (κ3) is 7.22. The van der Waals surface area contributed by atoms with E-state index in [0.29, 0.717) is 37.1 Å². The molecular weight excluding hydrogens is 507 g/mol. The molecule has 3 rings (SSSR count). The van der Waals surface area contributed by atoms with Crippen LogP contribution in [0.2, 0.25) is 0 Å². The van der Waals surface area contributed by atoms with E-state index < -0.39 is 47.5 Å². The Labute approximate surface area is 210 Å². The summed E-state index contributed by atoms with van der Waals surface area (Å²) in [4.78, 5) is 13.5. The highest BCUT2D eigenvalue weighted by atomic mass is 19.4. The maximum atomic E-state index is 13.6. The van der Waals surface area contributed by atoms with Crippen LogP contribution in [0.4, 0.5) is 30.7 Å². The molecule has 1 saturated carbocycles. The molecule has 1 aliphatic carbocycles. The van der Waals surface area contributed by atoms with Crippen LogP contribution in [-0.4, -0.2) is 43.7 Å². The molecule has 204 valence electrons. The van der Waals surface area contributed by atoms with E-state index in [2.05, 4.69) is 4.74 Å². The summed E-state index contributed by atoms with van der Waals surface area (Å²) in [7, 11) is 3.08. The molecule has 0 spiro atoms. The molecule has 0 N–H and O–H groups in total. The van der Waals surface area contributed by atoms with Crippen molar-refractivity contribution in [3.05, 3.63) is 70.5 Å². The van der Waals surface area contributed by atoms with E-state index in [1.54, 1.807) is 19.2 Å². The van der Waals surface area contributed by atoms with Crippen LogP contribution in [0.15, 0.2) is 42.5 Å².